The minimum Gasteiger partial charge on any atom is -0.493 e. The first-order valence-corrected chi connectivity index (χ1v) is 7.38. The van der Waals surface area contributed by atoms with E-state index in [4.69, 9.17) is 16.3 Å². The van der Waals surface area contributed by atoms with E-state index in [1.165, 1.54) is 0 Å². The molecule has 1 aromatic carbocycles. The maximum atomic E-state index is 12.1. The average Bonchev–Trinajstić information content (AvgIpc) is 2.96. The van der Waals surface area contributed by atoms with Gasteiger partial charge in [-0.2, -0.15) is 0 Å². The van der Waals surface area contributed by atoms with E-state index in [1.807, 2.05) is 25.2 Å². The van der Waals surface area contributed by atoms with Gasteiger partial charge in [-0.15, -0.1) is 0 Å². The number of rotatable bonds is 6. The molecule has 0 saturated carbocycles. The summed E-state index contributed by atoms with van der Waals surface area (Å²) in [4.78, 5) is 13.9. The summed E-state index contributed by atoms with van der Waals surface area (Å²) in [5.41, 5.74) is 0. The fourth-order valence-corrected chi connectivity index (χ4v) is 2.52. The van der Waals surface area contributed by atoms with Gasteiger partial charge in [0.25, 0.3) is 0 Å². The van der Waals surface area contributed by atoms with Crippen LogP contribution in [-0.4, -0.2) is 44.1 Å². The molecular weight excluding hydrogens is 276 g/mol. The number of hydrogen-bond acceptors (Lipinski definition) is 3. The van der Waals surface area contributed by atoms with Gasteiger partial charge in [-0.05, 0) is 37.6 Å². The van der Waals surface area contributed by atoms with Gasteiger partial charge in [0, 0.05) is 25.2 Å². The van der Waals surface area contributed by atoms with E-state index in [1.54, 1.807) is 11.0 Å². The molecule has 110 valence electrons. The van der Waals surface area contributed by atoms with Gasteiger partial charge in [0.15, 0.2) is 0 Å². The Labute approximate surface area is 125 Å². The Morgan fingerprint density at radius 3 is 3.10 bits per heavy atom. The van der Waals surface area contributed by atoms with E-state index in [9.17, 15) is 4.79 Å². The van der Waals surface area contributed by atoms with Crippen LogP contribution < -0.4 is 10.1 Å². The molecule has 1 heterocycles. The van der Waals surface area contributed by atoms with Crippen molar-refractivity contribution in [1.29, 1.82) is 0 Å². The number of amides is 1. The van der Waals surface area contributed by atoms with Crippen molar-refractivity contribution in [3.05, 3.63) is 29.3 Å². The summed E-state index contributed by atoms with van der Waals surface area (Å²) in [6.45, 7) is 3.06. The molecule has 0 aliphatic carbocycles. The molecule has 1 fully saturated rings. The summed E-state index contributed by atoms with van der Waals surface area (Å²) in [7, 11) is 1.86. The standard InChI is InChI=1S/C15H21ClN2O2/c1-18(15(19)12-6-7-17-11-12)8-3-9-20-14-5-2-4-13(16)10-14/h2,4-5,10,12,17H,3,6-9,11H2,1H3. The number of halogens is 1. The Balaban J connectivity index is 1.66. The number of nitrogens with one attached hydrogen (secondary N) is 1. The molecule has 1 saturated heterocycles. The number of hydrogen-bond donors (Lipinski definition) is 1. The lowest BCUT2D eigenvalue weighted by Crippen LogP contribution is -2.35. The molecule has 0 radical (unpaired) electrons. The Morgan fingerprint density at radius 2 is 2.40 bits per heavy atom. The second kappa shape index (κ2) is 7.50. The van der Waals surface area contributed by atoms with E-state index in [0.717, 1.165) is 38.2 Å². The largest absolute Gasteiger partial charge is 0.493 e. The molecular formula is C15H21ClN2O2. The SMILES string of the molecule is CN(CCCOc1cccc(Cl)c1)C(=O)C1CCNC1. The third kappa shape index (κ3) is 4.39. The summed E-state index contributed by atoms with van der Waals surface area (Å²) < 4.78 is 5.61. The lowest BCUT2D eigenvalue weighted by Gasteiger charge is -2.20. The average molecular weight is 297 g/mol. The highest BCUT2D eigenvalue weighted by atomic mass is 35.5. The van der Waals surface area contributed by atoms with E-state index in [2.05, 4.69) is 5.32 Å². The first-order chi connectivity index (χ1) is 9.66. The number of carbonyl (C=O) groups is 1. The van der Waals surface area contributed by atoms with Gasteiger partial charge in [-0.1, -0.05) is 17.7 Å². The van der Waals surface area contributed by atoms with Crippen molar-refractivity contribution >= 4 is 17.5 Å². The topological polar surface area (TPSA) is 41.6 Å². The highest BCUT2D eigenvalue weighted by molar-refractivity contribution is 6.30. The molecule has 1 amide bonds. The van der Waals surface area contributed by atoms with Crippen molar-refractivity contribution in [3.63, 3.8) is 0 Å². The van der Waals surface area contributed by atoms with Gasteiger partial charge in [0.05, 0.1) is 12.5 Å². The van der Waals surface area contributed by atoms with Gasteiger partial charge in [0.1, 0.15) is 5.75 Å². The van der Waals surface area contributed by atoms with Crippen molar-refractivity contribution in [1.82, 2.24) is 10.2 Å². The van der Waals surface area contributed by atoms with Crippen LogP contribution in [0, 0.1) is 5.92 Å². The fraction of sp³-hybridized carbons (Fsp3) is 0.533. The van der Waals surface area contributed by atoms with Gasteiger partial charge < -0.3 is 15.0 Å². The number of carbonyl (C=O) groups excluding carboxylic acids is 1. The van der Waals surface area contributed by atoms with E-state index in [0.29, 0.717) is 11.6 Å². The summed E-state index contributed by atoms with van der Waals surface area (Å²) in [6.07, 6.45) is 1.76. The zero-order chi connectivity index (χ0) is 14.4. The van der Waals surface area contributed by atoms with Crippen LogP contribution in [-0.2, 0) is 4.79 Å². The third-order valence-electron chi connectivity index (χ3n) is 3.49. The molecule has 1 unspecified atom stereocenters. The first-order valence-electron chi connectivity index (χ1n) is 7.01. The highest BCUT2D eigenvalue weighted by Crippen LogP contribution is 2.17. The van der Waals surface area contributed by atoms with Crippen molar-refractivity contribution in [2.75, 3.05) is 33.3 Å². The third-order valence-corrected chi connectivity index (χ3v) is 3.72. The lowest BCUT2D eigenvalue weighted by molar-refractivity contribution is -0.133. The van der Waals surface area contributed by atoms with Gasteiger partial charge in [-0.25, -0.2) is 0 Å². The van der Waals surface area contributed by atoms with Crippen LogP contribution >= 0.6 is 11.6 Å². The van der Waals surface area contributed by atoms with Crippen LogP contribution in [0.25, 0.3) is 0 Å². The Kier molecular flexibility index (Phi) is 5.68. The molecule has 0 aromatic heterocycles. The number of benzene rings is 1. The van der Waals surface area contributed by atoms with Crippen LogP contribution in [0.3, 0.4) is 0 Å². The minimum atomic E-state index is 0.147. The lowest BCUT2D eigenvalue weighted by atomic mass is 10.1. The molecule has 20 heavy (non-hydrogen) atoms. The Hall–Kier alpha value is -1.26. The van der Waals surface area contributed by atoms with Crippen LogP contribution in [0.4, 0.5) is 0 Å². The zero-order valence-corrected chi connectivity index (χ0v) is 12.5. The molecule has 5 heteroatoms. The summed E-state index contributed by atoms with van der Waals surface area (Å²) in [5.74, 6) is 1.15. The van der Waals surface area contributed by atoms with Crippen molar-refractivity contribution in [2.45, 2.75) is 12.8 Å². The summed E-state index contributed by atoms with van der Waals surface area (Å²) in [6, 6.07) is 7.35. The second-order valence-electron chi connectivity index (χ2n) is 5.11. The monoisotopic (exact) mass is 296 g/mol. The van der Waals surface area contributed by atoms with Crippen LogP contribution in [0.1, 0.15) is 12.8 Å². The van der Waals surface area contributed by atoms with Crippen molar-refractivity contribution < 1.29 is 9.53 Å². The smallest absolute Gasteiger partial charge is 0.226 e. The van der Waals surface area contributed by atoms with Gasteiger partial charge >= 0.3 is 0 Å². The molecule has 1 aliphatic heterocycles. The molecule has 1 atom stereocenters. The van der Waals surface area contributed by atoms with Crippen LogP contribution in [0.2, 0.25) is 5.02 Å². The van der Waals surface area contributed by atoms with Crippen LogP contribution in [0.5, 0.6) is 5.75 Å². The zero-order valence-electron chi connectivity index (χ0n) is 11.8. The van der Waals surface area contributed by atoms with E-state index in [-0.39, 0.29) is 11.8 Å². The van der Waals surface area contributed by atoms with Crippen molar-refractivity contribution in [3.8, 4) is 5.75 Å². The van der Waals surface area contributed by atoms with Gasteiger partial charge in [0.2, 0.25) is 5.91 Å². The van der Waals surface area contributed by atoms with Crippen molar-refractivity contribution in [2.24, 2.45) is 5.92 Å². The summed E-state index contributed by atoms with van der Waals surface area (Å²) >= 11 is 5.88. The predicted molar refractivity (Wildman–Crippen MR) is 80.2 cm³/mol. The first kappa shape index (κ1) is 15.1. The Morgan fingerprint density at radius 1 is 1.55 bits per heavy atom. The quantitative estimate of drug-likeness (QED) is 0.818. The molecule has 1 aromatic rings. The number of ether oxygens (including phenoxy) is 1. The second-order valence-corrected chi connectivity index (χ2v) is 5.55. The van der Waals surface area contributed by atoms with E-state index >= 15 is 0 Å². The minimum absolute atomic E-state index is 0.147. The van der Waals surface area contributed by atoms with Crippen LogP contribution in [0.15, 0.2) is 24.3 Å². The highest BCUT2D eigenvalue weighted by Gasteiger charge is 2.24. The normalized spacial score (nSPS) is 18.0. The molecule has 2 rings (SSSR count). The molecule has 4 nitrogen and oxygen atoms in total. The summed E-state index contributed by atoms with van der Waals surface area (Å²) in [5, 5.41) is 3.89. The fourth-order valence-electron chi connectivity index (χ4n) is 2.34. The maximum Gasteiger partial charge on any atom is 0.226 e. The molecule has 0 spiro atoms. The van der Waals surface area contributed by atoms with E-state index < -0.39 is 0 Å². The van der Waals surface area contributed by atoms with Gasteiger partial charge in [-0.3, -0.25) is 4.79 Å². The Bertz CT molecular complexity index is 447. The maximum absolute atomic E-state index is 12.1. The molecule has 1 N–H and O–H groups in total. The number of nitrogens with zero attached hydrogens (tertiary/aromatic N) is 1. The predicted octanol–water partition coefficient (Wildman–Crippen LogP) is 2.18. The molecule has 1 aliphatic rings. The molecule has 0 bridgehead atoms.